The van der Waals surface area contributed by atoms with Gasteiger partial charge in [-0.1, -0.05) is 0 Å². The summed E-state index contributed by atoms with van der Waals surface area (Å²) < 4.78 is 7.43. The quantitative estimate of drug-likeness (QED) is 0.256. The number of hydrogen-bond acceptors (Lipinski definition) is 1. The molecule has 2 rings (SSSR count). The van der Waals surface area contributed by atoms with Gasteiger partial charge in [-0.15, -0.1) is 0 Å². The first kappa shape index (κ1) is 4.32. The first-order valence-electron chi connectivity index (χ1n) is 2.45. The van der Waals surface area contributed by atoms with Crippen LogP contribution in [0.15, 0.2) is 12.2 Å². The van der Waals surface area contributed by atoms with E-state index < -0.39 is 20.2 Å². The van der Waals surface area contributed by atoms with Crippen molar-refractivity contribution in [3.63, 3.8) is 0 Å². The van der Waals surface area contributed by atoms with Gasteiger partial charge in [-0.25, -0.2) is 0 Å². The standard InChI is InChI=1S/C5H7IO/c1-2-4-6-5(3-1)7-6/h1,3,5H,2,4H2. The average Bonchev–Trinajstić information content (AvgIpc) is 2.41. The molecule has 0 radical (unpaired) electrons. The molecule has 1 saturated heterocycles. The number of allylic oxidation sites excluding steroid dienone is 1. The average molecular weight is 210 g/mol. The zero-order valence-corrected chi connectivity index (χ0v) is 6.09. The Morgan fingerprint density at radius 3 is 3.29 bits per heavy atom. The maximum atomic E-state index is 5.35. The summed E-state index contributed by atoms with van der Waals surface area (Å²) in [6.45, 7) is 0. The predicted octanol–water partition coefficient (Wildman–Crippen LogP) is 1.72. The number of alkyl halides is 2. The van der Waals surface area contributed by atoms with Crippen molar-refractivity contribution >= 4 is 20.2 Å². The number of halogens is 1. The fourth-order valence-electron chi connectivity index (χ4n) is 0.727. The van der Waals surface area contributed by atoms with E-state index in [1.54, 1.807) is 0 Å². The molecule has 2 heterocycles. The molecule has 0 aromatic carbocycles. The second kappa shape index (κ2) is 1.45. The van der Waals surface area contributed by atoms with Crippen LogP contribution >= 0.6 is 20.2 Å². The molecule has 0 spiro atoms. The van der Waals surface area contributed by atoms with Crippen molar-refractivity contribution in [3.05, 3.63) is 12.2 Å². The molecule has 0 aromatic heterocycles. The van der Waals surface area contributed by atoms with Gasteiger partial charge in [0.2, 0.25) is 0 Å². The molecule has 7 heavy (non-hydrogen) atoms. The Morgan fingerprint density at radius 1 is 1.71 bits per heavy atom. The molecule has 1 atom stereocenters. The predicted molar refractivity (Wildman–Crippen MR) is 37.5 cm³/mol. The summed E-state index contributed by atoms with van der Waals surface area (Å²) in [5.41, 5.74) is 0. The van der Waals surface area contributed by atoms with Gasteiger partial charge in [0.1, 0.15) is 0 Å². The maximum absolute atomic E-state index is 5.35. The van der Waals surface area contributed by atoms with Gasteiger partial charge in [0.25, 0.3) is 0 Å². The molecular weight excluding hydrogens is 203 g/mol. The minimum atomic E-state index is -0.659. The summed E-state index contributed by atoms with van der Waals surface area (Å²) in [6, 6.07) is 0. The Hall–Kier alpha value is 0.430. The third kappa shape index (κ3) is 0.700. The Bertz CT molecular complexity index is 111. The third-order valence-corrected chi connectivity index (χ3v) is 5.58. The zero-order chi connectivity index (χ0) is 4.69. The second-order valence-corrected chi connectivity index (χ2v) is 6.53. The number of hydrogen-bond donors (Lipinski definition) is 0. The van der Waals surface area contributed by atoms with Crippen LogP contribution < -0.4 is 0 Å². The van der Waals surface area contributed by atoms with Crippen LogP contribution in [0.5, 0.6) is 0 Å². The fourth-order valence-corrected chi connectivity index (χ4v) is 4.92. The Kier molecular flexibility index (Phi) is 0.896. The van der Waals surface area contributed by atoms with Crippen molar-refractivity contribution < 1.29 is 3.07 Å². The summed E-state index contributed by atoms with van der Waals surface area (Å²) >= 11 is -0.659. The zero-order valence-electron chi connectivity index (χ0n) is 3.93. The monoisotopic (exact) mass is 210 g/mol. The van der Waals surface area contributed by atoms with E-state index >= 15 is 0 Å². The van der Waals surface area contributed by atoms with E-state index in [0.29, 0.717) is 4.11 Å². The van der Waals surface area contributed by atoms with Crippen molar-refractivity contribution in [1.82, 2.24) is 0 Å². The van der Waals surface area contributed by atoms with Crippen molar-refractivity contribution in [2.24, 2.45) is 0 Å². The number of fused-ring (bicyclic) bond motifs is 1. The molecule has 0 bridgehead atoms. The SMILES string of the molecule is C1=CC2OI2CC1. The molecular formula is C5H7IO. The van der Waals surface area contributed by atoms with Gasteiger partial charge in [-0.2, -0.15) is 0 Å². The van der Waals surface area contributed by atoms with E-state index in [-0.39, 0.29) is 0 Å². The van der Waals surface area contributed by atoms with Gasteiger partial charge < -0.3 is 0 Å². The van der Waals surface area contributed by atoms with Crippen molar-refractivity contribution in [3.8, 4) is 0 Å². The van der Waals surface area contributed by atoms with Gasteiger partial charge in [0.05, 0.1) is 0 Å². The van der Waals surface area contributed by atoms with E-state index in [1.807, 2.05) is 0 Å². The third-order valence-electron chi connectivity index (χ3n) is 1.16. The molecule has 0 aliphatic carbocycles. The van der Waals surface area contributed by atoms with E-state index in [2.05, 4.69) is 12.2 Å². The molecule has 1 nitrogen and oxygen atoms in total. The van der Waals surface area contributed by atoms with Crippen LogP contribution in [0.4, 0.5) is 0 Å². The van der Waals surface area contributed by atoms with Crippen LogP contribution in [-0.4, -0.2) is 8.54 Å². The van der Waals surface area contributed by atoms with Gasteiger partial charge in [0.15, 0.2) is 0 Å². The summed E-state index contributed by atoms with van der Waals surface area (Å²) in [7, 11) is 0. The van der Waals surface area contributed by atoms with Crippen LogP contribution in [0, 0.1) is 0 Å². The topological polar surface area (TPSA) is 12.5 Å². The molecule has 2 aliphatic heterocycles. The molecule has 40 valence electrons. The second-order valence-electron chi connectivity index (χ2n) is 1.70. The molecule has 2 aliphatic rings. The van der Waals surface area contributed by atoms with Gasteiger partial charge in [0, 0.05) is 0 Å². The molecule has 2 heteroatoms. The summed E-state index contributed by atoms with van der Waals surface area (Å²) in [6.07, 6.45) is 5.77. The van der Waals surface area contributed by atoms with Crippen LogP contribution in [0.25, 0.3) is 0 Å². The van der Waals surface area contributed by atoms with Crippen LogP contribution in [0.1, 0.15) is 6.42 Å². The molecule has 0 aromatic rings. The van der Waals surface area contributed by atoms with Gasteiger partial charge >= 0.3 is 50.4 Å². The fraction of sp³-hybridized carbons (Fsp3) is 0.600. The first-order chi connectivity index (χ1) is 3.47. The summed E-state index contributed by atoms with van der Waals surface area (Å²) in [5, 5.41) is 0. The van der Waals surface area contributed by atoms with Crippen LogP contribution in [-0.2, 0) is 3.07 Å². The Morgan fingerprint density at radius 2 is 2.71 bits per heavy atom. The molecule has 1 unspecified atom stereocenters. The van der Waals surface area contributed by atoms with Crippen LogP contribution in [0.3, 0.4) is 0 Å². The molecule has 1 fully saturated rings. The van der Waals surface area contributed by atoms with E-state index in [0.717, 1.165) is 0 Å². The van der Waals surface area contributed by atoms with E-state index in [4.69, 9.17) is 3.07 Å². The van der Waals surface area contributed by atoms with E-state index in [9.17, 15) is 0 Å². The minimum absolute atomic E-state index is 0.659. The van der Waals surface area contributed by atoms with Gasteiger partial charge in [-0.3, -0.25) is 0 Å². The van der Waals surface area contributed by atoms with E-state index in [1.165, 1.54) is 10.8 Å². The Labute approximate surface area is 50.7 Å². The number of rotatable bonds is 0. The summed E-state index contributed by atoms with van der Waals surface area (Å²) in [4.78, 5) is 0. The van der Waals surface area contributed by atoms with Crippen molar-refractivity contribution in [2.75, 3.05) is 4.43 Å². The normalized spacial score (nSPS) is 40.6. The molecule has 0 saturated carbocycles. The van der Waals surface area contributed by atoms with Crippen molar-refractivity contribution in [1.29, 1.82) is 0 Å². The first-order valence-corrected chi connectivity index (χ1v) is 6.10. The molecule has 0 N–H and O–H groups in total. The van der Waals surface area contributed by atoms with Crippen molar-refractivity contribution in [2.45, 2.75) is 10.5 Å². The Balaban J connectivity index is 2.14. The van der Waals surface area contributed by atoms with Gasteiger partial charge in [-0.05, 0) is 0 Å². The molecule has 0 amide bonds. The summed E-state index contributed by atoms with van der Waals surface area (Å²) in [5.74, 6) is 0. The van der Waals surface area contributed by atoms with Crippen LogP contribution in [0.2, 0.25) is 0 Å².